The molecule has 112 valence electrons. The minimum absolute atomic E-state index is 0.0340. The summed E-state index contributed by atoms with van der Waals surface area (Å²) in [6.07, 6.45) is 0.488. The molecule has 1 amide bonds. The van der Waals surface area contributed by atoms with Gasteiger partial charge < -0.3 is 9.73 Å². The molecule has 0 saturated carbocycles. The van der Waals surface area contributed by atoms with Gasteiger partial charge in [0.25, 0.3) is 5.22 Å². The number of para-hydroxylation sites is 2. The zero-order chi connectivity index (χ0) is 14.9. The summed E-state index contributed by atoms with van der Waals surface area (Å²) in [4.78, 5) is 16.1. The van der Waals surface area contributed by atoms with Crippen LogP contribution in [0.3, 0.4) is 0 Å². The van der Waals surface area contributed by atoms with Gasteiger partial charge in [-0.2, -0.15) is 0 Å². The molecule has 21 heavy (non-hydrogen) atoms. The molecule has 1 saturated heterocycles. The summed E-state index contributed by atoms with van der Waals surface area (Å²) in [7, 11) is -2.98. The molecule has 8 heteroatoms. The van der Waals surface area contributed by atoms with E-state index < -0.39 is 9.84 Å². The Balaban J connectivity index is 1.54. The maximum atomic E-state index is 11.8. The summed E-state index contributed by atoms with van der Waals surface area (Å²) in [5.74, 6) is 0.135. The zero-order valence-electron chi connectivity index (χ0n) is 11.1. The van der Waals surface area contributed by atoms with Crippen LogP contribution in [-0.4, -0.2) is 42.6 Å². The van der Waals surface area contributed by atoms with Crippen molar-refractivity contribution in [2.45, 2.75) is 17.7 Å². The zero-order valence-corrected chi connectivity index (χ0v) is 12.7. The van der Waals surface area contributed by atoms with E-state index in [0.29, 0.717) is 17.2 Å². The van der Waals surface area contributed by atoms with Crippen molar-refractivity contribution in [1.82, 2.24) is 10.3 Å². The Bertz CT molecular complexity index is 736. The molecule has 1 atom stereocenters. The summed E-state index contributed by atoms with van der Waals surface area (Å²) < 4.78 is 28.1. The lowest BCUT2D eigenvalue weighted by Crippen LogP contribution is -2.36. The van der Waals surface area contributed by atoms with E-state index in [0.717, 1.165) is 5.52 Å². The Labute approximate surface area is 126 Å². The fourth-order valence-electron chi connectivity index (χ4n) is 2.22. The van der Waals surface area contributed by atoms with Crippen molar-refractivity contribution >= 4 is 38.6 Å². The van der Waals surface area contributed by atoms with Crippen LogP contribution in [-0.2, 0) is 14.6 Å². The van der Waals surface area contributed by atoms with Crippen molar-refractivity contribution in [2.24, 2.45) is 0 Å². The molecule has 0 radical (unpaired) electrons. The molecule has 1 unspecified atom stereocenters. The Morgan fingerprint density at radius 3 is 2.95 bits per heavy atom. The number of fused-ring (bicyclic) bond motifs is 1. The van der Waals surface area contributed by atoms with Crippen molar-refractivity contribution < 1.29 is 17.6 Å². The van der Waals surface area contributed by atoms with Gasteiger partial charge in [-0.3, -0.25) is 4.79 Å². The summed E-state index contributed by atoms with van der Waals surface area (Å²) >= 11 is 1.20. The molecule has 3 rings (SSSR count). The number of carbonyl (C=O) groups excluding carboxylic acids is 1. The second-order valence-electron chi connectivity index (χ2n) is 4.90. The SMILES string of the molecule is O=C(CSc1nc2ccccc2o1)NC1CCS(=O)(=O)C1. The van der Waals surface area contributed by atoms with Gasteiger partial charge in [-0.1, -0.05) is 23.9 Å². The smallest absolute Gasteiger partial charge is 0.257 e. The molecule has 1 aromatic heterocycles. The van der Waals surface area contributed by atoms with E-state index in [4.69, 9.17) is 4.42 Å². The first-order chi connectivity index (χ1) is 10.0. The van der Waals surface area contributed by atoms with Crippen molar-refractivity contribution in [3.63, 3.8) is 0 Å². The minimum atomic E-state index is -2.98. The number of hydrogen-bond donors (Lipinski definition) is 1. The summed E-state index contributed by atoms with van der Waals surface area (Å²) in [5, 5.41) is 3.17. The Hall–Kier alpha value is -1.54. The number of amides is 1. The quantitative estimate of drug-likeness (QED) is 0.850. The molecule has 2 aromatic rings. The topological polar surface area (TPSA) is 89.3 Å². The number of sulfone groups is 1. The molecule has 1 aliphatic heterocycles. The van der Waals surface area contributed by atoms with Crippen molar-refractivity contribution in [2.75, 3.05) is 17.3 Å². The largest absolute Gasteiger partial charge is 0.431 e. The normalized spacial score (nSPS) is 20.7. The van der Waals surface area contributed by atoms with Gasteiger partial charge in [0.1, 0.15) is 5.52 Å². The van der Waals surface area contributed by atoms with E-state index in [9.17, 15) is 13.2 Å². The van der Waals surface area contributed by atoms with Crippen LogP contribution in [0.15, 0.2) is 33.9 Å². The lowest BCUT2D eigenvalue weighted by atomic mass is 10.3. The summed E-state index contributed by atoms with van der Waals surface area (Å²) in [6.45, 7) is 0. The van der Waals surface area contributed by atoms with E-state index in [1.54, 1.807) is 0 Å². The maximum Gasteiger partial charge on any atom is 0.257 e. The number of carbonyl (C=O) groups is 1. The van der Waals surface area contributed by atoms with E-state index in [1.165, 1.54) is 11.8 Å². The first kappa shape index (κ1) is 14.4. The average molecular weight is 326 g/mol. The first-order valence-corrected chi connectivity index (χ1v) is 9.31. The number of hydrogen-bond acceptors (Lipinski definition) is 6. The van der Waals surface area contributed by atoms with E-state index in [1.807, 2.05) is 24.3 Å². The molecule has 0 aliphatic carbocycles. The number of rotatable bonds is 4. The fraction of sp³-hybridized carbons (Fsp3) is 0.385. The van der Waals surface area contributed by atoms with Gasteiger partial charge in [0.05, 0.1) is 17.3 Å². The molecule has 1 aliphatic rings. The molecule has 0 bridgehead atoms. The molecular weight excluding hydrogens is 312 g/mol. The highest BCUT2D eigenvalue weighted by atomic mass is 32.2. The van der Waals surface area contributed by atoms with Gasteiger partial charge in [-0.15, -0.1) is 0 Å². The minimum Gasteiger partial charge on any atom is -0.431 e. The van der Waals surface area contributed by atoms with Crippen LogP contribution in [0, 0.1) is 0 Å². The van der Waals surface area contributed by atoms with Crippen LogP contribution in [0.2, 0.25) is 0 Å². The van der Waals surface area contributed by atoms with Crippen molar-refractivity contribution in [3.8, 4) is 0 Å². The molecule has 2 heterocycles. The standard InChI is InChI=1S/C13H14N2O4S2/c16-12(14-9-5-6-21(17,18)8-9)7-20-13-15-10-3-1-2-4-11(10)19-13/h1-4,9H,5-8H2,(H,14,16). The van der Waals surface area contributed by atoms with Crippen LogP contribution in [0.1, 0.15) is 6.42 Å². The highest BCUT2D eigenvalue weighted by Crippen LogP contribution is 2.23. The molecule has 1 N–H and O–H groups in total. The number of benzene rings is 1. The Kier molecular flexibility index (Phi) is 3.90. The van der Waals surface area contributed by atoms with Crippen LogP contribution in [0.25, 0.3) is 11.1 Å². The number of aromatic nitrogens is 1. The molecule has 0 spiro atoms. The van der Waals surface area contributed by atoms with Crippen LogP contribution in [0.5, 0.6) is 0 Å². The Morgan fingerprint density at radius 1 is 1.43 bits per heavy atom. The first-order valence-electron chi connectivity index (χ1n) is 6.50. The molecular formula is C13H14N2O4S2. The second-order valence-corrected chi connectivity index (χ2v) is 8.06. The van der Waals surface area contributed by atoms with Crippen LogP contribution < -0.4 is 5.32 Å². The van der Waals surface area contributed by atoms with Crippen LogP contribution in [0.4, 0.5) is 0 Å². The highest BCUT2D eigenvalue weighted by molar-refractivity contribution is 7.99. The molecule has 1 aromatic carbocycles. The Morgan fingerprint density at radius 2 is 2.24 bits per heavy atom. The third kappa shape index (κ3) is 3.56. The maximum absolute atomic E-state index is 11.8. The van der Waals surface area contributed by atoms with E-state index in [2.05, 4.69) is 10.3 Å². The van der Waals surface area contributed by atoms with Gasteiger partial charge in [0.15, 0.2) is 15.4 Å². The van der Waals surface area contributed by atoms with Gasteiger partial charge in [-0.05, 0) is 18.6 Å². The third-order valence-corrected chi connectivity index (χ3v) is 5.79. The van der Waals surface area contributed by atoms with E-state index >= 15 is 0 Å². The lowest BCUT2D eigenvalue weighted by Gasteiger charge is -2.09. The van der Waals surface area contributed by atoms with Crippen molar-refractivity contribution in [1.29, 1.82) is 0 Å². The number of thioether (sulfide) groups is 1. The van der Waals surface area contributed by atoms with Gasteiger partial charge in [0, 0.05) is 6.04 Å². The van der Waals surface area contributed by atoms with E-state index in [-0.39, 0.29) is 29.2 Å². The molecule has 1 fully saturated rings. The third-order valence-electron chi connectivity index (χ3n) is 3.20. The highest BCUT2D eigenvalue weighted by Gasteiger charge is 2.28. The van der Waals surface area contributed by atoms with Crippen LogP contribution >= 0.6 is 11.8 Å². The fourth-order valence-corrected chi connectivity index (χ4v) is 4.54. The number of nitrogens with zero attached hydrogens (tertiary/aromatic N) is 1. The summed E-state index contributed by atoms with van der Waals surface area (Å²) in [5.41, 5.74) is 1.43. The van der Waals surface area contributed by atoms with Gasteiger partial charge in [0.2, 0.25) is 5.91 Å². The van der Waals surface area contributed by atoms with Gasteiger partial charge in [-0.25, -0.2) is 13.4 Å². The predicted octanol–water partition coefficient (Wildman–Crippen LogP) is 1.22. The summed E-state index contributed by atoms with van der Waals surface area (Å²) in [6, 6.07) is 7.11. The predicted molar refractivity (Wildman–Crippen MR) is 79.9 cm³/mol. The lowest BCUT2D eigenvalue weighted by molar-refractivity contribution is -0.119. The second kappa shape index (κ2) is 5.69. The average Bonchev–Trinajstić information content (AvgIpc) is 2.99. The van der Waals surface area contributed by atoms with Crippen molar-refractivity contribution in [3.05, 3.63) is 24.3 Å². The molecule has 6 nitrogen and oxygen atoms in total. The monoisotopic (exact) mass is 326 g/mol. The number of oxazole rings is 1. The van der Waals surface area contributed by atoms with Gasteiger partial charge >= 0.3 is 0 Å². The number of nitrogens with one attached hydrogen (secondary N) is 1.